The summed E-state index contributed by atoms with van der Waals surface area (Å²) in [4.78, 5) is 13.9. The SMILES string of the molecule is CC.O=C(O)Cc1c[nH]c2ccc(OCc3ccccc3)cc12. The molecule has 23 heavy (non-hydrogen) atoms. The van der Waals surface area contributed by atoms with Crippen LogP contribution in [0.5, 0.6) is 5.75 Å². The van der Waals surface area contributed by atoms with Crippen LogP contribution in [-0.4, -0.2) is 16.1 Å². The van der Waals surface area contributed by atoms with Crippen molar-refractivity contribution < 1.29 is 14.6 Å². The van der Waals surface area contributed by atoms with Crippen molar-refractivity contribution in [3.63, 3.8) is 0 Å². The highest BCUT2D eigenvalue weighted by molar-refractivity contribution is 5.87. The number of H-pyrrole nitrogens is 1. The van der Waals surface area contributed by atoms with Crippen LogP contribution in [-0.2, 0) is 17.8 Å². The minimum absolute atomic E-state index is 0.00212. The molecule has 0 saturated carbocycles. The first-order valence-electron chi connectivity index (χ1n) is 7.71. The maximum Gasteiger partial charge on any atom is 0.307 e. The normalized spacial score (nSPS) is 10.0. The Hall–Kier alpha value is -2.75. The van der Waals surface area contributed by atoms with E-state index in [0.29, 0.717) is 6.61 Å². The van der Waals surface area contributed by atoms with Crippen molar-refractivity contribution >= 4 is 16.9 Å². The first-order valence-corrected chi connectivity index (χ1v) is 7.71. The van der Waals surface area contributed by atoms with E-state index in [0.717, 1.165) is 27.8 Å². The molecule has 0 aliphatic carbocycles. The third kappa shape index (κ3) is 4.36. The molecule has 0 radical (unpaired) electrons. The van der Waals surface area contributed by atoms with E-state index in [9.17, 15) is 4.79 Å². The third-order valence-electron chi connectivity index (χ3n) is 3.33. The highest BCUT2D eigenvalue weighted by Gasteiger charge is 2.08. The van der Waals surface area contributed by atoms with Crippen LogP contribution in [0.25, 0.3) is 10.9 Å². The van der Waals surface area contributed by atoms with Crippen LogP contribution in [0, 0.1) is 0 Å². The van der Waals surface area contributed by atoms with Gasteiger partial charge in [-0.2, -0.15) is 0 Å². The molecule has 4 nitrogen and oxygen atoms in total. The first kappa shape index (κ1) is 16.6. The molecule has 1 heterocycles. The summed E-state index contributed by atoms with van der Waals surface area (Å²) in [5.41, 5.74) is 2.78. The minimum Gasteiger partial charge on any atom is -0.489 e. The number of benzene rings is 2. The Balaban J connectivity index is 0.000000924. The molecule has 0 fully saturated rings. The van der Waals surface area contributed by atoms with E-state index < -0.39 is 5.97 Å². The second kappa shape index (κ2) is 8.03. The lowest BCUT2D eigenvalue weighted by Gasteiger charge is -2.06. The van der Waals surface area contributed by atoms with Crippen LogP contribution in [0.2, 0.25) is 0 Å². The van der Waals surface area contributed by atoms with E-state index in [1.807, 2.05) is 62.4 Å². The highest BCUT2D eigenvalue weighted by Crippen LogP contribution is 2.24. The van der Waals surface area contributed by atoms with Gasteiger partial charge in [-0.3, -0.25) is 4.79 Å². The van der Waals surface area contributed by atoms with Gasteiger partial charge in [-0.25, -0.2) is 0 Å². The molecule has 0 aliphatic rings. The van der Waals surface area contributed by atoms with Gasteiger partial charge in [0.05, 0.1) is 6.42 Å². The van der Waals surface area contributed by atoms with Gasteiger partial charge < -0.3 is 14.8 Å². The van der Waals surface area contributed by atoms with Gasteiger partial charge in [0.1, 0.15) is 12.4 Å². The lowest BCUT2D eigenvalue weighted by molar-refractivity contribution is -0.136. The second-order valence-electron chi connectivity index (χ2n) is 4.87. The van der Waals surface area contributed by atoms with Gasteiger partial charge in [-0.1, -0.05) is 44.2 Å². The third-order valence-corrected chi connectivity index (χ3v) is 3.33. The fourth-order valence-electron chi connectivity index (χ4n) is 2.30. The van der Waals surface area contributed by atoms with E-state index in [1.165, 1.54) is 0 Å². The fourth-order valence-corrected chi connectivity index (χ4v) is 2.30. The lowest BCUT2D eigenvalue weighted by Crippen LogP contribution is -1.99. The van der Waals surface area contributed by atoms with E-state index in [-0.39, 0.29) is 6.42 Å². The number of hydrogen-bond acceptors (Lipinski definition) is 2. The summed E-state index contributed by atoms with van der Waals surface area (Å²) < 4.78 is 5.77. The molecule has 2 aromatic carbocycles. The number of carboxylic acids is 1. The van der Waals surface area contributed by atoms with E-state index >= 15 is 0 Å². The predicted octanol–water partition coefficient (Wildman–Crippen LogP) is 4.40. The molecular weight excluding hydrogens is 290 g/mol. The standard InChI is InChI=1S/C17H15NO3.C2H6/c19-17(20)8-13-10-18-16-7-6-14(9-15(13)16)21-11-12-4-2-1-3-5-12;1-2/h1-7,9-10,18H,8,11H2,(H,19,20);1-2H3. The molecule has 0 aliphatic heterocycles. The zero-order chi connectivity index (χ0) is 16.7. The maximum atomic E-state index is 10.9. The average molecular weight is 311 g/mol. The summed E-state index contributed by atoms with van der Waals surface area (Å²) in [6.07, 6.45) is 1.74. The number of rotatable bonds is 5. The zero-order valence-corrected chi connectivity index (χ0v) is 13.4. The first-order chi connectivity index (χ1) is 11.2. The van der Waals surface area contributed by atoms with Crippen molar-refractivity contribution in [1.82, 2.24) is 4.98 Å². The maximum absolute atomic E-state index is 10.9. The number of aromatic nitrogens is 1. The number of hydrogen-bond donors (Lipinski definition) is 2. The lowest BCUT2D eigenvalue weighted by atomic mass is 10.1. The molecule has 2 N–H and O–H groups in total. The molecular formula is C19H21NO3. The number of nitrogens with one attached hydrogen (secondary N) is 1. The molecule has 0 bridgehead atoms. The van der Waals surface area contributed by atoms with Gasteiger partial charge in [0.25, 0.3) is 0 Å². The molecule has 0 atom stereocenters. The van der Waals surface area contributed by atoms with Crippen molar-refractivity contribution in [1.29, 1.82) is 0 Å². The van der Waals surface area contributed by atoms with E-state index in [4.69, 9.17) is 9.84 Å². The molecule has 3 aromatic rings. The Labute approximate surface area is 135 Å². The van der Waals surface area contributed by atoms with Crippen molar-refractivity contribution in [2.45, 2.75) is 26.9 Å². The van der Waals surface area contributed by atoms with Crippen molar-refractivity contribution in [2.75, 3.05) is 0 Å². The van der Waals surface area contributed by atoms with Gasteiger partial charge >= 0.3 is 5.97 Å². The van der Waals surface area contributed by atoms with Gasteiger partial charge in [-0.05, 0) is 29.3 Å². The number of ether oxygens (including phenoxy) is 1. The molecule has 1 aromatic heterocycles. The minimum atomic E-state index is -0.841. The van der Waals surface area contributed by atoms with Gasteiger partial charge in [0, 0.05) is 17.1 Å². The van der Waals surface area contributed by atoms with Crippen LogP contribution in [0.1, 0.15) is 25.0 Å². The quantitative estimate of drug-likeness (QED) is 0.734. The summed E-state index contributed by atoms with van der Waals surface area (Å²) in [5, 5.41) is 9.81. The summed E-state index contributed by atoms with van der Waals surface area (Å²) in [6.45, 7) is 4.49. The number of aliphatic carboxylic acids is 1. The average Bonchev–Trinajstić information content (AvgIpc) is 2.97. The number of fused-ring (bicyclic) bond motifs is 1. The molecule has 0 saturated heterocycles. The fraction of sp³-hybridized carbons (Fsp3) is 0.211. The predicted molar refractivity (Wildman–Crippen MR) is 91.8 cm³/mol. The van der Waals surface area contributed by atoms with Crippen LogP contribution >= 0.6 is 0 Å². The number of carbonyl (C=O) groups is 1. The van der Waals surface area contributed by atoms with Crippen molar-refractivity contribution in [3.8, 4) is 5.75 Å². The summed E-state index contributed by atoms with van der Waals surface area (Å²) in [6, 6.07) is 15.6. The van der Waals surface area contributed by atoms with Crippen LogP contribution in [0.4, 0.5) is 0 Å². The van der Waals surface area contributed by atoms with E-state index in [2.05, 4.69) is 4.98 Å². The summed E-state index contributed by atoms with van der Waals surface area (Å²) >= 11 is 0. The number of carboxylic acid groups (broad SMARTS) is 1. The largest absolute Gasteiger partial charge is 0.489 e. The molecule has 120 valence electrons. The highest BCUT2D eigenvalue weighted by atomic mass is 16.5. The molecule has 4 heteroatoms. The topological polar surface area (TPSA) is 62.3 Å². The molecule has 0 spiro atoms. The summed E-state index contributed by atoms with van der Waals surface area (Å²) in [7, 11) is 0. The molecule has 0 unspecified atom stereocenters. The van der Waals surface area contributed by atoms with Crippen molar-refractivity contribution in [2.24, 2.45) is 0 Å². The van der Waals surface area contributed by atoms with Crippen LogP contribution in [0.3, 0.4) is 0 Å². The smallest absolute Gasteiger partial charge is 0.307 e. The monoisotopic (exact) mass is 311 g/mol. The van der Waals surface area contributed by atoms with Gasteiger partial charge in [0.2, 0.25) is 0 Å². The number of aromatic amines is 1. The molecule has 0 amide bonds. The Morgan fingerprint density at radius 2 is 1.87 bits per heavy atom. The van der Waals surface area contributed by atoms with Crippen LogP contribution < -0.4 is 4.74 Å². The van der Waals surface area contributed by atoms with Crippen molar-refractivity contribution in [3.05, 3.63) is 65.9 Å². The van der Waals surface area contributed by atoms with Gasteiger partial charge in [-0.15, -0.1) is 0 Å². The Bertz CT molecular complexity index is 763. The molecule has 3 rings (SSSR count). The zero-order valence-electron chi connectivity index (χ0n) is 13.4. The van der Waals surface area contributed by atoms with Gasteiger partial charge in [0.15, 0.2) is 0 Å². The Kier molecular flexibility index (Phi) is 5.80. The second-order valence-corrected chi connectivity index (χ2v) is 4.87. The summed E-state index contributed by atoms with van der Waals surface area (Å²) in [5.74, 6) is -0.107. The van der Waals surface area contributed by atoms with Crippen LogP contribution in [0.15, 0.2) is 54.7 Å². The van der Waals surface area contributed by atoms with E-state index in [1.54, 1.807) is 6.20 Å². The Morgan fingerprint density at radius 3 is 2.57 bits per heavy atom. The Morgan fingerprint density at radius 1 is 1.13 bits per heavy atom.